The fourth-order valence-electron chi connectivity index (χ4n) is 4.00. The first-order valence-corrected chi connectivity index (χ1v) is 8.63. The average molecular weight is 269 g/mol. The topological polar surface area (TPSA) is 3.24 Å². The summed E-state index contributed by atoms with van der Waals surface area (Å²) in [5.41, 5.74) is 0.542. The Morgan fingerprint density at radius 2 is 1.72 bits per heavy atom. The van der Waals surface area contributed by atoms with Crippen LogP contribution in [0.5, 0.6) is 0 Å². The van der Waals surface area contributed by atoms with E-state index in [9.17, 15) is 0 Å². The SMILES string of the molecule is CC(C)CN(CC1(CS)CCCC1)C1CCCC1. The molecular formula is C16H31NS. The van der Waals surface area contributed by atoms with Crippen LogP contribution in [0.25, 0.3) is 0 Å². The van der Waals surface area contributed by atoms with Gasteiger partial charge in [0, 0.05) is 19.1 Å². The van der Waals surface area contributed by atoms with Crippen molar-refractivity contribution in [2.75, 3.05) is 18.8 Å². The monoisotopic (exact) mass is 269 g/mol. The molecule has 0 atom stereocenters. The van der Waals surface area contributed by atoms with Gasteiger partial charge in [-0.3, -0.25) is 4.90 Å². The second-order valence-corrected chi connectivity index (χ2v) is 7.44. The Hall–Kier alpha value is 0.310. The van der Waals surface area contributed by atoms with Gasteiger partial charge < -0.3 is 0 Å². The highest BCUT2D eigenvalue weighted by Crippen LogP contribution is 2.41. The highest BCUT2D eigenvalue weighted by molar-refractivity contribution is 7.80. The van der Waals surface area contributed by atoms with Gasteiger partial charge in [-0.05, 0) is 42.8 Å². The lowest BCUT2D eigenvalue weighted by Crippen LogP contribution is -2.44. The molecule has 0 radical (unpaired) electrons. The molecule has 1 nitrogen and oxygen atoms in total. The molecule has 0 spiro atoms. The maximum absolute atomic E-state index is 4.68. The van der Waals surface area contributed by atoms with Crippen LogP contribution in [0, 0.1) is 11.3 Å². The van der Waals surface area contributed by atoms with Crippen molar-refractivity contribution in [3.8, 4) is 0 Å². The summed E-state index contributed by atoms with van der Waals surface area (Å²) in [5, 5.41) is 0. The largest absolute Gasteiger partial charge is 0.300 e. The van der Waals surface area contributed by atoms with Crippen molar-refractivity contribution in [1.82, 2.24) is 4.90 Å². The highest BCUT2D eigenvalue weighted by atomic mass is 32.1. The van der Waals surface area contributed by atoms with Gasteiger partial charge in [-0.25, -0.2) is 0 Å². The van der Waals surface area contributed by atoms with Crippen LogP contribution >= 0.6 is 12.6 Å². The van der Waals surface area contributed by atoms with E-state index in [4.69, 9.17) is 0 Å². The first-order chi connectivity index (χ1) is 8.65. The molecule has 2 aliphatic carbocycles. The molecule has 0 aromatic rings. The molecule has 0 aliphatic heterocycles. The summed E-state index contributed by atoms with van der Waals surface area (Å²) < 4.78 is 0. The van der Waals surface area contributed by atoms with Crippen molar-refractivity contribution in [2.24, 2.45) is 11.3 Å². The van der Waals surface area contributed by atoms with E-state index in [1.807, 2.05) is 0 Å². The lowest BCUT2D eigenvalue weighted by molar-refractivity contribution is 0.112. The summed E-state index contributed by atoms with van der Waals surface area (Å²) in [4.78, 5) is 2.83. The predicted molar refractivity (Wildman–Crippen MR) is 83.4 cm³/mol. The summed E-state index contributed by atoms with van der Waals surface area (Å²) in [5.74, 6) is 1.89. The van der Waals surface area contributed by atoms with Crippen molar-refractivity contribution in [1.29, 1.82) is 0 Å². The fraction of sp³-hybridized carbons (Fsp3) is 1.00. The van der Waals surface area contributed by atoms with Gasteiger partial charge in [-0.1, -0.05) is 39.5 Å². The first kappa shape index (κ1) is 14.7. The zero-order valence-corrected chi connectivity index (χ0v) is 13.2. The van der Waals surface area contributed by atoms with Gasteiger partial charge in [0.2, 0.25) is 0 Å². The Bertz CT molecular complexity index is 239. The molecule has 0 N–H and O–H groups in total. The zero-order chi connectivity index (χ0) is 13.0. The van der Waals surface area contributed by atoms with Crippen LogP contribution < -0.4 is 0 Å². The molecule has 0 aromatic carbocycles. The lowest BCUT2D eigenvalue weighted by atomic mass is 9.87. The van der Waals surface area contributed by atoms with Crippen LogP contribution in [-0.2, 0) is 0 Å². The van der Waals surface area contributed by atoms with Crippen LogP contribution in [0.1, 0.15) is 65.2 Å². The third kappa shape index (κ3) is 3.66. The van der Waals surface area contributed by atoms with Crippen LogP contribution in [0.3, 0.4) is 0 Å². The molecule has 2 heteroatoms. The zero-order valence-electron chi connectivity index (χ0n) is 12.3. The Morgan fingerprint density at radius 1 is 1.11 bits per heavy atom. The lowest BCUT2D eigenvalue weighted by Gasteiger charge is -2.38. The quantitative estimate of drug-likeness (QED) is 0.701. The predicted octanol–water partition coefficient (Wildman–Crippen LogP) is 4.38. The number of rotatable bonds is 6. The van der Waals surface area contributed by atoms with Crippen LogP contribution in [0.2, 0.25) is 0 Å². The summed E-state index contributed by atoms with van der Waals surface area (Å²) in [6.45, 7) is 7.34. The van der Waals surface area contributed by atoms with Gasteiger partial charge >= 0.3 is 0 Å². The van der Waals surface area contributed by atoms with Gasteiger partial charge in [0.05, 0.1) is 0 Å². The van der Waals surface area contributed by atoms with Crippen molar-refractivity contribution in [3.05, 3.63) is 0 Å². The third-order valence-corrected chi connectivity index (χ3v) is 5.65. The Kier molecular flexibility index (Phi) is 5.44. The maximum Gasteiger partial charge on any atom is 0.00956 e. The Labute approximate surface area is 119 Å². The molecule has 0 heterocycles. The van der Waals surface area contributed by atoms with E-state index >= 15 is 0 Å². The molecule has 106 valence electrons. The van der Waals surface area contributed by atoms with Crippen molar-refractivity contribution in [2.45, 2.75) is 71.3 Å². The minimum atomic E-state index is 0.542. The number of hydrogen-bond donors (Lipinski definition) is 1. The molecule has 2 aliphatic rings. The van der Waals surface area contributed by atoms with Crippen LogP contribution in [0.4, 0.5) is 0 Å². The van der Waals surface area contributed by atoms with Crippen molar-refractivity contribution in [3.63, 3.8) is 0 Å². The van der Waals surface area contributed by atoms with Gasteiger partial charge in [0.25, 0.3) is 0 Å². The maximum atomic E-state index is 4.68. The third-order valence-electron chi connectivity index (χ3n) is 4.98. The molecule has 2 saturated carbocycles. The Morgan fingerprint density at radius 3 is 2.22 bits per heavy atom. The molecule has 0 amide bonds. The minimum Gasteiger partial charge on any atom is -0.300 e. The normalized spacial score (nSPS) is 24.5. The molecule has 0 bridgehead atoms. The second-order valence-electron chi connectivity index (χ2n) is 7.13. The average Bonchev–Trinajstić information content (AvgIpc) is 2.99. The van der Waals surface area contributed by atoms with Crippen LogP contribution in [0.15, 0.2) is 0 Å². The van der Waals surface area contributed by atoms with Crippen molar-refractivity contribution >= 4 is 12.6 Å². The molecule has 0 unspecified atom stereocenters. The number of hydrogen-bond acceptors (Lipinski definition) is 2. The first-order valence-electron chi connectivity index (χ1n) is 8.00. The fourth-order valence-corrected chi connectivity index (χ4v) is 4.42. The molecule has 2 rings (SSSR count). The Balaban J connectivity index is 1.98. The molecular weight excluding hydrogens is 238 g/mol. The highest BCUT2D eigenvalue weighted by Gasteiger charge is 2.36. The summed E-state index contributed by atoms with van der Waals surface area (Å²) in [7, 11) is 0. The number of thiol groups is 1. The minimum absolute atomic E-state index is 0.542. The summed E-state index contributed by atoms with van der Waals surface area (Å²) >= 11 is 4.68. The van der Waals surface area contributed by atoms with E-state index in [1.165, 1.54) is 64.5 Å². The van der Waals surface area contributed by atoms with E-state index in [2.05, 4.69) is 31.4 Å². The smallest absolute Gasteiger partial charge is 0.00956 e. The second kappa shape index (κ2) is 6.65. The number of nitrogens with zero attached hydrogens (tertiary/aromatic N) is 1. The molecule has 0 aromatic heterocycles. The molecule has 2 fully saturated rings. The van der Waals surface area contributed by atoms with E-state index < -0.39 is 0 Å². The van der Waals surface area contributed by atoms with Crippen LogP contribution in [-0.4, -0.2) is 29.8 Å². The van der Waals surface area contributed by atoms with Gasteiger partial charge in [-0.15, -0.1) is 0 Å². The van der Waals surface area contributed by atoms with Gasteiger partial charge in [0.1, 0.15) is 0 Å². The van der Waals surface area contributed by atoms with E-state index in [-0.39, 0.29) is 0 Å². The van der Waals surface area contributed by atoms with E-state index in [0.29, 0.717) is 5.41 Å². The molecule has 0 saturated heterocycles. The van der Waals surface area contributed by atoms with Gasteiger partial charge in [-0.2, -0.15) is 12.6 Å². The van der Waals surface area contributed by atoms with Gasteiger partial charge in [0.15, 0.2) is 0 Å². The van der Waals surface area contributed by atoms with E-state index in [1.54, 1.807) is 0 Å². The molecule has 18 heavy (non-hydrogen) atoms. The van der Waals surface area contributed by atoms with Crippen molar-refractivity contribution < 1.29 is 0 Å². The van der Waals surface area contributed by atoms with E-state index in [0.717, 1.165) is 17.7 Å². The summed E-state index contributed by atoms with van der Waals surface area (Å²) in [6, 6.07) is 0.879. The summed E-state index contributed by atoms with van der Waals surface area (Å²) in [6.07, 6.45) is 11.5. The standard InChI is InChI=1S/C16H31NS/c1-14(2)11-17(15-7-3-4-8-15)12-16(13-18)9-5-6-10-16/h14-15,18H,3-13H2,1-2H3.